The second-order valence-corrected chi connectivity index (χ2v) is 7.53. The molecule has 26 heavy (non-hydrogen) atoms. The Bertz CT molecular complexity index is 587. The van der Waals surface area contributed by atoms with Gasteiger partial charge in [0.15, 0.2) is 5.96 Å². The Morgan fingerprint density at radius 1 is 1.27 bits per heavy atom. The summed E-state index contributed by atoms with van der Waals surface area (Å²) in [6, 6.07) is 0. The molecule has 1 saturated carbocycles. The fourth-order valence-electron chi connectivity index (χ4n) is 4.05. The second kappa shape index (κ2) is 9.95. The average molecular weight is 364 g/mol. The maximum atomic E-state index is 5.61. The van der Waals surface area contributed by atoms with E-state index in [-0.39, 0.29) is 0 Å². The van der Waals surface area contributed by atoms with Gasteiger partial charge in [-0.2, -0.15) is 5.10 Å². The van der Waals surface area contributed by atoms with E-state index in [1.807, 2.05) is 18.8 Å². The lowest BCUT2D eigenvalue weighted by Crippen LogP contribution is -2.44. The highest BCUT2D eigenvalue weighted by Gasteiger charge is 2.33. The summed E-state index contributed by atoms with van der Waals surface area (Å²) in [5.74, 6) is 0.895. The third kappa shape index (κ3) is 5.47. The first-order chi connectivity index (χ1) is 12.5. The molecule has 0 bridgehead atoms. The number of rotatable bonds is 9. The molecule has 0 unspecified atom stereocenters. The first-order valence-electron chi connectivity index (χ1n) is 10.0. The molecular formula is C20H37N5O. The molecule has 1 fully saturated rings. The summed E-state index contributed by atoms with van der Waals surface area (Å²) >= 11 is 0. The van der Waals surface area contributed by atoms with Crippen molar-refractivity contribution >= 4 is 5.96 Å². The zero-order chi connectivity index (χ0) is 19.0. The Morgan fingerprint density at radius 2 is 2.00 bits per heavy atom. The molecular weight excluding hydrogens is 326 g/mol. The topological polar surface area (TPSA) is 63.5 Å². The number of aryl methyl sites for hydroxylation is 2. The van der Waals surface area contributed by atoms with E-state index in [2.05, 4.69) is 41.5 Å². The molecule has 0 aliphatic heterocycles. The van der Waals surface area contributed by atoms with Crippen molar-refractivity contribution in [2.24, 2.45) is 17.5 Å². The van der Waals surface area contributed by atoms with Crippen molar-refractivity contribution in [2.45, 2.75) is 59.3 Å². The molecule has 148 valence electrons. The fourth-order valence-corrected chi connectivity index (χ4v) is 4.05. The van der Waals surface area contributed by atoms with Crippen LogP contribution >= 0.6 is 0 Å². The zero-order valence-corrected chi connectivity index (χ0v) is 17.3. The molecule has 1 aliphatic rings. The SMILES string of the molecule is CCOCCC1(CNC(=NC)NCCc2c(C)nn(C)c2C)CCCC1. The number of guanidine groups is 1. The molecule has 6 nitrogen and oxygen atoms in total. The predicted molar refractivity (Wildman–Crippen MR) is 108 cm³/mol. The third-order valence-electron chi connectivity index (χ3n) is 5.83. The van der Waals surface area contributed by atoms with E-state index in [0.717, 1.165) is 50.8 Å². The molecule has 0 radical (unpaired) electrons. The van der Waals surface area contributed by atoms with Crippen molar-refractivity contribution in [3.8, 4) is 0 Å². The van der Waals surface area contributed by atoms with E-state index < -0.39 is 0 Å². The molecule has 2 rings (SSSR count). The average Bonchev–Trinajstić information content (AvgIpc) is 3.18. The molecule has 0 aromatic carbocycles. The summed E-state index contributed by atoms with van der Waals surface area (Å²) in [7, 11) is 3.85. The molecule has 6 heteroatoms. The zero-order valence-electron chi connectivity index (χ0n) is 17.3. The van der Waals surface area contributed by atoms with Crippen LogP contribution in [0.4, 0.5) is 0 Å². The number of nitrogens with zero attached hydrogens (tertiary/aromatic N) is 3. The summed E-state index contributed by atoms with van der Waals surface area (Å²) in [5.41, 5.74) is 4.06. The van der Waals surface area contributed by atoms with Gasteiger partial charge < -0.3 is 15.4 Å². The molecule has 1 aromatic rings. The lowest BCUT2D eigenvalue weighted by Gasteiger charge is -2.30. The van der Waals surface area contributed by atoms with Gasteiger partial charge in [-0.1, -0.05) is 12.8 Å². The lowest BCUT2D eigenvalue weighted by molar-refractivity contribution is 0.105. The van der Waals surface area contributed by atoms with Crippen LogP contribution in [-0.2, 0) is 18.2 Å². The molecule has 0 saturated heterocycles. The van der Waals surface area contributed by atoms with Crippen LogP contribution in [0.25, 0.3) is 0 Å². The molecule has 1 aliphatic carbocycles. The number of hydrogen-bond acceptors (Lipinski definition) is 3. The minimum Gasteiger partial charge on any atom is -0.382 e. The number of aliphatic imine (C=N–C) groups is 1. The van der Waals surface area contributed by atoms with Crippen LogP contribution in [0.3, 0.4) is 0 Å². The molecule has 0 amide bonds. The molecule has 1 heterocycles. The van der Waals surface area contributed by atoms with Crippen molar-refractivity contribution in [3.05, 3.63) is 17.0 Å². The first kappa shape index (κ1) is 20.7. The largest absolute Gasteiger partial charge is 0.382 e. The van der Waals surface area contributed by atoms with E-state index in [4.69, 9.17) is 4.74 Å². The summed E-state index contributed by atoms with van der Waals surface area (Å²) in [6.45, 7) is 9.78. The van der Waals surface area contributed by atoms with Crippen LogP contribution < -0.4 is 10.6 Å². The van der Waals surface area contributed by atoms with Crippen molar-refractivity contribution in [1.29, 1.82) is 0 Å². The Morgan fingerprint density at radius 3 is 2.58 bits per heavy atom. The maximum absolute atomic E-state index is 5.61. The van der Waals surface area contributed by atoms with Crippen LogP contribution in [0.15, 0.2) is 4.99 Å². The second-order valence-electron chi connectivity index (χ2n) is 7.53. The number of hydrogen-bond donors (Lipinski definition) is 2. The smallest absolute Gasteiger partial charge is 0.191 e. The standard InChI is InChI=1S/C20H37N5O/c1-6-26-14-12-20(10-7-8-11-20)15-23-19(21-4)22-13-9-18-16(2)24-25(5)17(18)3/h6-15H2,1-5H3,(H2,21,22,23). The van der Waals surface area contributed by atoms with Crippen LogP contribution in [0.1, 0.15) is 56.0 Å². The number of ether oxygens (including phenoxy) is 1. The van der Waals surface area contributed by atoms with Gasteiger partial charge >= 0.3 is 0 Å². The van der Waals surface area contributed by atoms with E-state index in [1.165, 1.54) is 36.9 Å². The van der Waals surface area contributed by atoms with E-state index in [1.54, 1.807) is 0 Å². The highest BCUT2D eigenvalue weighted by Crippen LogP contribution is 2.40. The van der Waals surface area contributed by atoms with E-state index in [0.29, 0.717) is 5.41 Å². The Balaban J connectivity index is 1.81. The number of nitrogens with one attached hydrogen (secondary N) is 2. The molecule has 2 N–H and O–H groups in total. The van der Waals surface area contributed by atoms with Gasteiger partial charge in [0.1, 0.15) is 0 Å². The van der Waals surface area contributed by atoms with Crippen molar-refractivity contribution in [2.75, 3.05) is 33.4 Å². The molecule has 0 atom stereocenters. The minimum absolute atomic E-state index is 0.364. The van der Waals surface area contributed by atoms with Gasteiger partial charge in [-0.05, 0) is 57.4 Å². The van der Waals surface area contributed by atoms with Gasteiger partial charge in [-0.25, -0.2) is 0 Å². The summed E-state index contributed by atoms with van der Waals surface area (Å²) in [6.07, 6.45) is 7.34. The summed E-state index contributed by atoms with van der Waals surface area (Å²) in [4.78, 5) is 4.40. The Labute approximate surface area is 158 Å². The first-order valence-corrected chi connectivity index (χ1v) is 10.0. The van der Waals surface area contributed by atoms with Crippen LogP contribution in [0.5, 0.6) is 0 Å². The van der Waals surface area contributed by atoms with Crippen LogP contribution in [0.2, 0.25) is 0 Å². The highest BCUT2D eigenvalue weighted by atomic mass is 16.5. The minimum atomic E-state index is 0.364. The Hall–Kier alpha value is -1.56. The van der Waals surface area contributed by atoms with Gasteiger partial charge in [0, 0.05) is 46.1 Å². The monoisotopic (exact) mass is 363 g/mol. The normalized spacial score (nSPS) is 16.9. The highest BCUT2D eigenvalue weighted by molar-refractivity contribution is 5.79. The van der Waals surface area contributed by atoms with Gasteiger partial charge in [0.2, 0.25) is 0 Å². The molecule has 1 aromatic heterocycles. The van der Waals surface area contributed by atoms with E-state index in [9.17, 15) is 0 Å². The van der Waals surface area contributed by atoms with Crippen LogP contribution in [-0.4, -0.2) is 49.1 Å². The Kier molecular flexibility index (Phi) is 7.94. The van der Waals surface area contributed by atoms with Gasteiger partial charge in [-0.15, -0.1) is 0 Å². The number of aromatic nitrogens is 2. The summed E-state index contributed by atoms with van der Waals surface area (Å²) in [5, 5.41) is 11.5. The maximum Gasteiger partial charge on any atom is 0.191 e. The van der Waals surface area contributed by atoms with Gasteiger partial charge in [0.25, 0.3) is 0 Å². The van der Waals surface area contributed by atoms with Crippen molar-refractivity contribution < 1.29 is 4.74 Å². The summed E-state index contributed by atoms with van der Waals surface area (Å²) < 4.78 is 7.57. The van der Waals surface area contributed by atoms with Gasteiger partial charge in [0.05, 0.1) is 5.69 Å². The van der Waals surface area contributed by atoms with Crippen LogP contribution in [0, 0.1) is 19.3 Å². The van der Waals surface area contributed by atoms with E-state index >= 15 is 0 Å². The fraction of sp³-hybridized carbons (Fsp3) is 0.800. The quantitative estimate of drug-likeness (QED) is 0.402. The molecule has 0 spiro atoms. The van der Waals surface area contributed by atoms with Gasteiger partial charge in [-0.3, -0.25) is 9.67 Å². The van der Waals surface area contributed by atoms with Crippen molar-refractivity contribution in [3.63, 3.8) is 0 Å². The van der Waals surface area contributed by atoms with Crippen molar-refractivity contribution in [1.82, 2.24) is 20.4 Å². The predicted octanol–water partition coefficient (Wildman–Crippen LogP) is 2.73. The third-order valence-corrected chi connectivity index (χ3v) is 5.83. The lowest BCUT2D eigenvalue weighted by atomic mass is 9.83.